The molecule has 0 fully saturated rings. The van der Waals surface area contributed by atoms with Crippen LogP contribution in [0.25, 0.3) is 11.0 Å². The molecule has 11 nitrogen and oxygen atoms in total. The van der Waals surface area contributed by atoms with Crippen molar-refractivity contribution in [3.05, 3.63) is 94.9 Å². The van der Waals surface area contributed by atoms with Crippen molar-refractivity contribution in [2.75, 3.05) is 27.4 Å². The second-order valence-corrected chi connectivity index (χ2v) is 8.50. The van der Waals surface area contributed by atoms with Crippen LogP contribution in [0.4, 0.5) is 0 Å². The number of carbonyl (C=O) groups is 4. The lowest BCUT2D eigenvalue weighted by Crippen LogP contribution is -2.30. The fourth-order valence-corrected chi connectivity index (χ4v) is 3.65. The van der Waals surface area contributed by atoms with Gasteiger partial charge in [0.1, 0.15) is 35.9 Å². The van der Waals surface area contributed by atoms with Crippen molar-refractivity contribution < 1.29 is 47.3 Å². The van der Waals surface area contributed by atoms with Crippen molar-refractivity contribution in [2.24, 2.45) is 0 Å². The molecule has 3 rings (SSSR count). The van der Waals surface area contributed by atoms with Crippen LogP contribution in [-0.4, -0.2) is 57.2 Å². The molecule has 41 heavy (non-hydrogen) atoms. The van der Waals surface area contributed by atoms with Crippen molar-refractivity contribution in [3.63, 3.8) is 0 Å². The van der Waals surface area contributed by atoms with Gasteiger partial charge in [0, 0.05) is 36.3 Å². The lowest BCUT2D eigenvalue weighted by molar-refractivity contribution is -0.162. The van der Waals surface area contributed by atoms with Crippen LogP contribution in [-0.2, 0) is 35.0 Å². The van der Waals surface area contributed by atoms with Gasteiger partial charge in [-0.05, 0) is 18.1 Å². The number of rotatable bonds is 14. The van der Waals surface area contributed by atoms with E-state index in [9.17, 15) is 24.0 Å². The topological polar surface area (TPSA) is 145 Å². The summed E-state index contributed by atoms with van der Waals surface area (Å²) in [6.07, 6.45) is 1.13. The van der Waals surface area contributed by atoms with E-state index >= 15 is 0 Å². The normalized spacial score (nSPS) is 11.2. The molecule has 0 saturated heterocycles. The molecule has 3 aromatic rings. The van der Waals surface area contributed by atoms with Crippen molar-refractivity contribution in [1.29, 1.82) is 0 Å². The third-order valence-electron chi connectivity index (χ3n) is 5.78. The summed E-state index contributed by atoms with van der Waals surface area (Å²) in [5.41, 5.74) is 0.223. The SMILES string of the molecule is C=CC(=O)OCC(COC(=O)CCc1ccc(C(=O)c2cc3c(OC)cc(OC)cc3oc2=O)cc1)OC(=O)C=C. The van der Waals surface area contributed by atoms with Gasteiger partial charge in [0.2, 0.25) is 0 Å². The Labute approximate surface area is 234 Å². The first kappa shape index (κ1) is 30.4. The Morgan fingerprint density at radius 1 is 0.902 bits per heavy atom. The summed E-state index contributed by atoms with van der Waals surface area (Å²) >= 11 is 0. The van der Waals surface area contributed by atoms with Crippen LogP contribution in [0.15, 0.2) is 77.0 Å². The fraction of sp³-hybridized carbons (Fsp3) is 0.233. The zero-order chi connectivity index (χ0) is 29.9. The van der Waals surface area contributed by atoms with Gasteiger partial charge in [-0.2, -0.15) is 0 Å². The minimum atomic E-state index is -1.02. The molecule has 0 aliphatic carbocycles. The predicted molar refractivity (Wildman–Crippen MR) is 146 cm³/mol. The molecule has 1 aromatic heterocycles. The van der Waals surface area contributed by atoms with E-state index in [1.165, 1.54) is 38.5 Å². The van der Waals surface area contributed by atoms with Gasteiger partial charge in [0.25, 0.3) is 0 Å². The number of hydrogen-bond acceptors (Lipinski definition) is 11. The average Bonchev–Trinajstić information content (AvgIpc) is 2.99. The van der Waals surface area contributed by atoms with Gasteiger partial charge in [-0.1, -0.05) is 37.4 Å². The lowest BCUT2D eigenvalue weighted by atomic mass is 10.0. The Balaban J connectivity index is 1.62. The minimum Gasteiger partial charge on any atom is -0.496 e. The number of esters is 3. The first-order valence-electron chi connectivity index (χ1n) is 12.3. The second-order valence-electron chi connectivity index (χ2n) is 8.50. The number of ether oxygens (including phenoxy) is 5. The number of fused-ring (bicyclic) bond motifs is 1. The number of benzene rings is 2. The largest absolute Gasteiger partial charge is 0.496 e. The molecule has 1 heterocycles. The Morgan fingerprint density at radius 2 is 1.59 bits per heavy atom. The highest BCUT2D eigenvalue weighted by Crippen LogP contribution is 2.31. The minimum absolute atomic E-state index is 0.0145. The molecule has 0 aliphatic rings. The maximum atomic E-state index is 13.1. The summed E-state index contributed by atoms with van der Waals surface area (Å²) in [4.78, 5) is 60.7. The number of carbonyl (C=O) groups excluding carboxylic acids is 4. The van der Waals surface area contributed by atoms with Crippen molar-refractivity contribution in [1.82, 2.24) is 0 Å². The third-order valence-corrected chi connectivity index (χ3v) is 5.78. The highest BCUT2D eigenvalue weighted by Gasteiger charge is 2.20. The van der Waals surface area contributed by atoms with Crippen molar-refractivity contribution >= 4 is 34.7 Å². The zero-order valence-electron chi connectivity index (χ0n) is 22.5. The van der Waals surface area contributed by atoms with Crippen LogP contribution in [0.3, 0.4) is 0 Å². The van der Waals surface area contributed by atoms with Crippen LogP contribution < -0.4 is 15.1 Å². The molecule has 1 unspecified atom stereocenters. The first-order chi connectivity index (χ1) is 19.7. The van der Waals surface area contributed by atoms with Gasteiger partial charge in [-0.15, -0.1) is 0 Å². The fourth-order valence-electron chi connectivity index (χ4n) is 3.65. The average molecular weight is 565 g/mol. The van der Waals surface area contributed by atoms with E-state index < -0.39 is 35.4 Å². The van der Waals surface area contributed by atoms with Gasteiger partial charge in [-0.3, -0.25) is 9.59 Å². The molecule has 0 radical (unpaired) electrons. The summed E-state index contributed by atoms with van der Waals surface area (Å²) in [6.45, 7) is 5.90. The number of ketones is 1. The zero-order valence-corrected chi connectivity index (χ0v) is 22.5. The van der Waals surface area contributed by atoms with E-state index in [2.05, 4.69) is 13.2 Å². The van der Waals surface area contributed by atoms with E-state index in [0.29, 0.717) is 16.9 Å². The van der Waals surface area contributed by atoms with Crippen LogP contribution in [0, 0.1) is 0 Å². The molecule has 0 saturated carbocycles. The van der Waals surface area contributed by atoms with E-state index in [-0.39, 0.29) is 42.8 Å². The highest BCUT2D eigenvalue weighted by molar-refractivity contribution is 6.10. The van der Waals surface area contributed by atoms with Gasteiger partial charge >= 0.3 is 23.5 Å². The molecule has 0 bridgehead atoms. The Kier molecular flexibility index (Phi) is 10.6. The maximum Gasteiger partial charge on any atom is 0.347 e. The summed E-state index contributed by atoms with van der Waals surface area (Å²) in [5.74, 6) is -1.81. The van der Waals surface area contributed by atoms with Crippen LogP contribution >= 0.6 is 0 Å². The molecule has 11 heteroatoms. The monoisotopic (exact) mass is 564 g/mol. The molecule has 1 atom stereocenters. The van der Waals surface area contributed by atoms with Gasteiger partial charge in [0.15, 0.2) is 11.9 Å². The van der Waals surface area contributed by atoms with Gasteiger partial charge in [0.05, 0.1) is 19.6 Å². The summed E-state index contributed by atoms with van der Waals surface area (Å²) in [6, 6.07) is 10.9. The third kappa shape index (κ3) is 8.15. The number of aryl methyl sites for hydroxylation is 1. The van der Waals surface area contributed by atoms with Crippen LogP contribution in [0.5, 0.6) is 11.5 Å². The second kappa shape index (κ2) is 14.3. The Morgan fingerprint density at radius 3 is 2.22 bits per heavy atom. The molecule has 214 valence electrons. The van der Waals surface area contributed by atoms with E-state index in [4.69, 9.17) is 28.1 Å². The molecule has 0 spiro atoms. The molecule has 0 amide bonds. The molecular weight excluding hydrogens is 536 g/mol. The van der Waals surface area contributed by atoms with Crippen molar-refractivity contribution in [2.45, 2.75) is 18.9 Å². The molecular formula is C30H28O11. The van der Waals surface area contributed by atoms with E-state index in [0.717, 1.165) is 17.7 Å². The number of hydrogen-bond donors (Lipinski definition) is 0. The summed E-state index contributed by atoms with van der Waals surface area (Å²) in [7, 11) is 2.92. The van der Waals surface area contributed by atoms with Crippen LogP contribution in [0.1, 0.15) is 27.9 Å². The molecule has 0 aliphatic heterocycles. The Hall–Kier alpha value is -5.19. The smallest absolute Gasteiger partial charge is 0.347 e. The van der Waals surface area contributed by atoms with Crippen molar-refractivity contribution in [3.8, 4) is 11.5 Å². The number of methoxy groups -OCH3 is 2. The maximum absolute atomic E-state index is 13.1. The van der Waals surface area contributed by atoms with Gasteiger partial charge in [-0.25, -0.2) is 14.4 Å². The molecule has 2 aromatic carbocycles. The first-order valence-corrected chi connectivity index (χ1v) is 12.3. The highest BCUT2D eigenvalue weighted by atomic mass is 16.6. The van der Waals surface area contributed by atoms with Gasteiger partial charge < -0.3 is 28.1 Å². The lowest BCUT2D eigenvalue weighted by Gasteiger charge is -2.16. The summed E-state index contributed by atoms with van der Waals surface area (Å²) in [5, 5.41) is 0.437. The molecule has 0 N–H and O–H groups in total. The Bertz CT molecular complexity index is 1520. The quantitative estimate of drug-likeness (QED) is 0.0934. The van der Waals surface area contributed by atoms with Crippen LogP contribution in [0.2, 0.25) is 0 Å². The van der Waals surface area contributed by atoms with E-state index in [1.807, 2.05) is 0 Å². The standard InChI is InChI=1S/C30H28O11/c1-5-26(31)38-16-21(40-27(32)6-2)17-39-28(33)12-9-18-7-10-19(11-8-18)29(34)23-15-22-24(37-4)13-20(36-3)14-25(22)41-30(23)35/h5-8,10-11,13-15,21H,1-2,9,12,16-17H2,3-4H3. The predicted octanol–water partition coefficient (Wildman–Crippen LogP) is 3.34. The van der Waals surface area contributed by atoms with E-state index in [1.54, 1.807) is 18.2 Å². The summed E-state index contributed by atoms with van der Waals surface area (Å²) < 4.78 is 30.9.